The Morgan fingerprint density at radius 2 is 1.85 bits per heavy atom. The monoisotopic (exact) mass is 281 g/mol. The summed E-state index contributed by atoms with van der Waals surface area (Å²) in [7, 11) is 0. The predicted octanol–water partition coefficient (Wildman–Crippen LogP) is 3.93. The molecule has 0 atom stereocenters. The summed E-state index contributed by atoms with van der Waals surface area (Å²) in [6.45, 7) is 1.40. The van der Waals surface area contributed by atoms with Gasteiger partial charge in [0, 0.05) is 17.8 Å². The van der Waals surface area contributed by atoms with Gasteiger partial charge in [-0.05, 0) is 24.6 Å². The molecule has 2 aromatic rings. The van der Waals surface area contributed by atoms with Crippen LogP contribution < -0.4 is 4.74 Å². The Kier molecular flexibility index (Phi) is 3.74. The van der Waals surface area contributed by atoms with Gasteiger partial charge in [-0.2, -0.15) is 13.2 Å². The van der Waals surface area contributed by atoms with Gasteiger partial charge in [-0.3, -0.25) is 4.79 Å². The largest absolute Gasteiger partial charge is 0.454 e. The number of aromatic nitrogens is 1. The Hall–Kier alpha value is -2.37. The molecule has 0 aliphatic carbocycles. The standard InChI is InChI=1S/C14H10F3NO2/c1-9-7-12(20-10-5-3-2-4-6-10)18-8-11(9)13(19)14(15,16)17/h2-8H,1H3. The lowest BCUT2D eigenvalue weighted by molar-refractivity contribution is -0.0886. The fourth-order valence-electron chi connectivity index (χ4n) is 1.59. The van der Waals surface area contributed by atoms with E-state index in [1.165, 1.54) is 13.0 Å². The van der Waals surface area contributed by atoms with Gasteiger partial charge in [0.1, 0.15) is 5.75 Å². The van der Waals surface area contributed by atoms with E-state index in [1.54, 1.807) is 30.3 Å². The zero-order chi connectivity index (χ0) is 14.8. The summed E-state index contributed by atoms with van der Waals surface area (Å²) in [4.78, 5) is 14.9. The van der Waals surface area contributed by atoms with E-state index in [1.807, 2.05) is 0 Å². The van der Waals surface area contributed by atoms with Gasteiger partial charge in [-0.25, -0.2) is 4.98 Å². The first-order valence-electron chi connectivity index (χ1n) is 5.69. The van der Waals surface area contributed by atoms with Gasteiger partial charge in [0.2, 0.25) is 5.88 Å². The van der Waals surface area contributed by atoms with E-state index in [0.717, 1.165) is 6.20 Å². The van der Waals surface area contributed by atoms with Gasteiger partial charge in [-0.15, -0.1) is 0 Å². The second-order valence-electron chi connectivity index (χ2n) is 4.08. The van der Waals surface area contributed by atoms with Crippen LogP contribution >= 0.6 is 0 Å². The summed E-state index contributed by atoms with van der Waals surface area (Å²) >= 11 is 0. The maximum atomic E-state index is 12.4. The minimum Gasteiger partial charge on any atom is -0.439 e. The van der Waals surface area contributed by atoms with Crippen LogP contribution in [-0.2, 0) is 0 Å². The van der Waals surface area contributed by atoms with Gasteiger partial charge in [0.25, 0.3) is 5.78 Å². The Labute approximate surface area is 113 Å². The van der Waals surface area contributed by atoms with E-state index < -0.39 is 17.5 Å². The molecule has 1 heterocycles. The van der Waals surface area contributed by atoms with Crippen LogP contribution in [0.2, 0.25) is 0 Å². The number of para-hydroxylation sites is 1. The fourth-order valence-corrected chi connectivity index (χ4v) is 1.59. The first-order chi connectivity index (χ1) is 9.38. The van der Waals surface area contributed by atoms with E-state index >= 15 is 0 Å². The molecule has 3 nitrogen and oxygen atoms in total. The van der Waals surface area contributed by atoms with Crippen LogP contribution in [0.1, 0.15) is 15.9 Å². The molecule has 1 aromatic heterocycles. The second-order valence-corrected chi connectivity index (χ2v) is 4.08. The van der Waals surface area contributed by atoms with Crippen LogP contribution in [0.3, 0.4) is 0 Å². The molecular formula is C14H10F3NO2. The quantitative estimate of drug-likeness (QED) is 0.800. The van der Waals surface area contributed by atoms with Crippen molar-refractivity contribution in [2.75, 3.05) is 0 Å². The third-order valence-electron chi connectivity index (χ3n) is 2.55. The molecule has 0 spiro atoms. The smallest absolute Gasteiger partial charge is 0.439 e. The molecule has 0 aliphatic rings. The molecule has 0 amide bonds. The number of ether oxygens (including phenoxy) is 1. The SMILES string of the molecule is Cc1cc(Oc2ccccc2)ncc1C(=O)C(F)(F)F. The highest BCUT2D eigenvalue weighted by Crippen LogP contribution is 2.26. The molecular weight excluding hydrogens is 271 g/mol. The van der Waals surface area contributed by atoms with Crippen molar-refractivity contribution in [3.05, 3.63) is 53.7 Å². The van der Waals surface area contributed by atoms with E-state index in [4.69, 9.17) is 4.74 Å². The van der Waals surface area contributed by atoms with Gasteiger partial charge in [0.05, 0.1) is 0 Å². The molecule has 2 rings (SSSR count). The van der Waals surface area contributed by atoms with Gasteiger partial charge < -0.3 is 4.74 Å². The second kappa shape index (κ2) is 5.32. The Balaban J connectivity index is 2.24. The number of pyridine rings is 1. The van der Waals surface area contributed by atoms with Crippen LogP contribution in [-0.4, -0.2) is 16.9 Å². The molecule has 0 bridgehead atoms. The molecule has 0 radical (unpaired) electrons. The molecule has 104 valence electrons. The van der Waals surface area contributed by atoms with Crippen molar-refractivity contribution in [3.63, 3.8) is 0 Å². The molecule has 0 saturated carbocycles. The van der Waals surface area contributed by atoms with Crippen LogP contribution in [0.15, 0.2) is 42.6 Å². The van der Waals surface area contributed by atoms with Gasteiger partial charge >= 0.3 is 6.18 Å². The Bertz CT molecular complexity index is 624. The highest BCUT2D eigenvalue weighted by atomic mass is 19.4. The number of hydrogen-bond donors (Lipinski definition) is 0. The lowest BCUT2D eigenvalue weighted by atomic mass is 10.1. The maximum absolute atomic E-state index is 12.4. The maximum Gasteiger partial charge on any atom is 0.454 e. The van der Waals surface area contributed by atoms with E-state index in [9.17, 15) is 18.0 Å². The van der Waals surface area contributed by atoms with Crippen molar-refractivity contribution < 1.29 is 22.7 Å². The molecule has 0 aliphatic heterocycles. The molecule has 0 unspecified atom stereocenters. The summed E-state index contributed by atoms with van der Waals surface area (Å²) < 4.78 is 42.4. The van der Waals surface area contributed by atoms with Gasteiger partial charge in [-0.1, -0.05) is 18.2 Å². The van der Waals surface area contributed by atoms with E-state index in [0.29, 0.717) is 5.75 Å². The minimum atomic E-state index is -4.91. The Morgan fingerprint density at radius 3 is 2.40 bits per heavy atom. The number of rotatable bonds is 3. The summed E-state index contributed by atoms with van der Waals surface area (Å²) in [5, 5.41) is 0. The average molecular weight is 281 g/mol. The van der Waals surface area contributed by atoms with E-state index in [2.05, 4.69) is 4.98 Å². The van der Waals surface area contributed by atoms with Crippen molar-refractivity contribution in [3.8, 4) is 11.6 Å². The first-order valence-corrected chi connectivity index (χ1v) is 5.69. The normalized spacial score (nSPS) is 11.2. The highest BCUT2D eigenvalue weighted by molar-refractivity contribution is 6.01. The van der Waals surface area contributed by atoms with Crippen LogP contribution in [0.5, 0.6) is 11.6 Å². The number of ketones is 1. The number of carbonyl (C=O) groups excluding carboxylic acids is 1. The summed E-state index contributed by atoms with van der Waals surface area (Å²) in [6, 6.07) is 9.98. The number of halogens is 3. The fraction of sp³-hybridized carbons (Fsp3) is 0.143. The highest BCUT2D eigenvalue weighted by Gasteiger charge is 2.40. The van der Waals surface area contributed by atoms with E-state index in [-0.39, 0.29) is 11.4 Å². The third kappa shape index (κ3) is 3.14. The molecule has 0 saturated heterocycles. The number of benzene rings is 1. The van der Waals surface area contributed by atoms with Crippen molar-refractivity contribution in [1.29, 1.82) is 0 Å². The zero-order valence-corrected chi connectivity index (χ0v) is 10.4. The van der Waals surface area contributed by atoms with Crippen LogP contribution in [0, 0.1) is 6.92 Å². The minimum absolute atomic E-state index is 0.132. The summed E-state index contributed by atoms with van der Waals surface area (Å²) in [6.07, 6.45) is -4.03. The molecule has 0 fully saturated rings. The Morgan fingerprint density at radius 1 is 1.20 bits per heavy atom. The molecule has 1 aromatic carbocycles. The number of Topliss-reactive ketones (excluding diaryl/α,β-unsaturated/α-hetero) is 1. The number of alkyl halides is 3. The predicted molar refractivity (Wildman–Crippen MR) is 65.9 cm³/mol. The average Bonchev–Trinajstić information content (AvgIpc) is 2.38. The van der Waals surface area contributed by atoms with Crippen molar-refractivity contribution in [2.45, 2.75) is 13.1 Å². The van der Waals surface area contributed by atoms with Crippen molar-refractivity contribution in [2.24, 2.45) is 0 Å². The van der Waals surface area contributed by atoms with Crippen molar-refractivity contribution >= 4 is 5.78 Å². The number of carbonyl (C=O) groups is 1. The first kappa shape index (κ1) is 14.0. The summed E-state index contributed by atoms with van der Waals surface area (Å²) in [5.41, 5.74) is -0.314. The number of nitrogens with zero attached hydrogens (tertiary/aromatic N) is 1. The van der Waals surface area contributed by atoms with Gasteiger partial charge in [0.15, 0.2) is 0 Å². The number of aryl methyl sites for hydroxylation is 1. The van der Waals surface area contributed by atoms with Crippen molar-refractivity contribution in [1.82, 2.24) is 4.98 Å². The lowest BCUT2D eigenvalue weighted by Crippen LogP contribution is -2.23. The molecule has 6 heteroatoms. The third-order valence-corrected chi connectivity index (χ3v) is 2.55. The number of hydrogen-bond acceptors (Lipinski definition) is 3. The zero-order valence-electron chi connectivity index (χ0n) is 10.4. The molecule has 20 heavy (non-hydrogen) atoms. The molecule has 0 N–H and O–H groups in total. The topological polar surface area (TPSA) is 39.2 Å². The lowest BCUT2D eigenvalue weighted by Gasteiger charge is -2.09. The summed E-state index contributed by atoms with van der Waals surface area (Å²) in [5.74, 6) is -1.27. The van der Waals surface area contributed by atoms with Crippen LogP contribution in [0.25, 0.3) is 0 Å². The van der Waals surface area contributed by atoms with Crippen LogP contribution in [0.4, 0.5) is 13.2 Å².